The molecule has 3 aromatic rings. The highest BCUT2D eigenvalue weighted by molar-refractivity contribution is 8.18. The van der Waals surface area contributed by atoms with Crippen LogP contribution in [0.15, 0.2) is 100 Å². The molecule has 34 heavy (non-hydrogen) atoms. The van der Waals surface area contributed by atoms with Gasteiger partial charge in [-0.25, -0.2) is 9.79 Å². The van der Waals surface area contributed by atoms with E-state index in [1.807, 2.05) is 72.8 Å². The molecule has 1 aliphatic rings. The van der Waals surface area contributed by atoms with Gasteiger partial charge < -0.3 is 14.6 Å². The minimum Gasteiger partial charge on any atom is -0.506 e. The molecule has 1 aliphatic heterocycles. The van der Waals surface area contributed by atoms with Gasteiger partial charge in [-0.1, -0.05) is 71.9 Å². The Labute approximate surface area is 203 Å². The van der Waals surface area contributed by atoms with Gasteiger partial charge >= 0.3 is 5.97 Å². The molecular formula is C28H25NO4S. The average Bonchev–Trinajstić information content (AvgIpc) is 3.14. The first-order valence-electron chi connectivity index (χ1n) is 11.0. The Hall–Kier alpha value is -3.77. The van der Waals surface area contributed by atoms with Crippen LogP contribution in [0.25, 0.3) is 6.08 Å². The van der Waals surface area contributed by atoms with Crippen molar-refractivity contribution in [2.45, 2.75) is 20.5 Å². The number of hydrogen-bond acceptors (Lipinski definition) is 6. The smallest absolute Gasteiger partial charge is 0.344 e. The van der Waals surface area contributed by atoms with Crippen molar-refractivity contribution in [3.63, 3.8) is 0 Å². The van der Waals surface area contributed by atoms with Crippen LogP contribution in [0.4, 0.5) is 5.69 Å². The largest absolute Gasteiger partial charge is 0.506 e. The van der Waals surface area contributed by atoms with Gasteiger partial charge in [0.25, 0.3) is 0 Å². The molecule has 0 spiro atoms. The van der Waals surface area contributed by atoms with Gasteiger partial charge in [-0.15, -0.1) is 0 Å². The second kappa shape index (κ2) is 10.9. The first-order valence-corrected chi connectivity index (χ1v) is 11.8. The van der Waals surface area contributed by atoms with Gasteiger partial charge in [0.2, 0.25) is 0 Å². The first kappa shape index (κ1) is 23.4. The lowest BCUT2D eigenvalue weighted by Crippen LogP contribution is -2.12. The van der Waals surface area contributed by atoms with Gasteiger partial charge in [0.05, 0.1) is 17.2 Å². The molecule has 6 heteroatoms. The number of nitrogens with zero attached hydrogens (tertiary/aromatic N) is 1. The molecule has 0 saturated carbocycles. The number of aliphatic hydroxyl groups is 1. The monoisotopic (exact) mass is 471 g/mol. The van der Waals surface area contributed by atoms with E-state index in [1.165, 1.54) is 17.3 Å². The Morgan fingerprint density at radius 1 is 1.03 bits per heavy atom. The molecule has 0 bridgehead atoms. The van der Waals surface area contributed by atoms with E-state index >= 15 is 0 Å². The van der Waals surface area contributed by atoms with Crippen LogP contribution in [-0.4, -0.2) is 22.7 Å². The highest BCUT2D eigenvalue weighted by Gasteiger charge is 2.33. The van der Waals surface area contributed by atoms with Crippen molar-refractivity contribution in [1.82, 2.24) is 0 Å². The fourth-order valence-corrected chi connectivity index (χ4v) is 4.43. The molecule has 0 amide bonds. The van der Waals surface area contributed by atoms with Crippen LogP contribution >= 0.6 is 11.8 Å². The Morgan fingerprint density at radius 2 is 1.79 bits per heavy atom. The number of para-hydroxylation sites is 1. The number of aliphatic imine (C=N–C) groups is 1. The molecule has 0 radical (unpaired) electrons. The Balaban J connectivity index is 1.54. The molecule has 0 aromatic heterocycles. The van der Waals surface area contributed by atoms with E-state index in [2.05, 4.69) is 24.0 Å². The summed E-state index contributed by atoms with van der Waals surface area (Å²) in [6.45, 7) is 4.48. The van der Waals surface area contributed by atoms with E-state index in [4.69, 9.17) is 9.47 Å². The third kappa shape index (κ3) is 5.77. The molecule has 0 atom stereocenters. The van der Waals surface area contributed by atoms with Crippen molar-refractivity contribution in [1.29, 1.82) is 0 Å². The molecule has 0 saturated heterocycles. The molecule has 172 valence electrons. The minimum absolute atomic E-state index is 0.0834. The lowest BCUT2D eigenvalue weighted by Gasteiger charge is -2.07. The summed E-state index contributed by atoms with van der Waals surface area (Å²) in [5, 5.41) is 11.2. The number of carbonyl (C=O) groups is 1. The number of rotatable bonds is 7. The predicted octanol–water partition coefficient (Wildman–Crippen LogP) is 6.77. The summed E-state index contributed by atoms with van der Waals surface area (Å²) in [5.74, 6) is 0.0319. The van der Waals surface area contributed by atoms with E-state index in [-0.39, 0.29) is 17.9 Å². The summed E-state index contributed by atoms with van der Waals surface area (Å²) in [6, 6.07) is 25.1. The summed E-state index contributed by atoms with van der Waals surface area (Å²) in [5.41, 5.74) is 3.94. The molecule has 1 heterocycles. The molecule has 3 aromatic carbocycles. The molecule has 0 fully saturated rings. The average molecular weight is 472 g/mol. The van der Waals surface area contributed by atoms with Crippen molar-refractivity contribution in [3.05, 3.63) is 112 Å². The summed E-state index contributed by atoms with van der Waals surface area (Å²) >= 11 is 1.24. The van der Waals surface area contributed by atoms with Gasteiger partial charge in [-0.05, 0) is 55.3 Å². The van der Waals surface area contributed by atoms with Crippen molar-refractivity contribution in [2.75, 3.05) is 6.61 Å². The van der Waals surface area contributed by atoms with Crippen LogP contribution in [0.3, 0.4) is 0 Å². The van der Waals surface area contributed by atoms with Gasteiger partial charge in [0.15, 0.2) is 0 Å². The zero-order valence-electron chi connectivity index (χ0n) is 19.0. The number of esters is 1. The topological polar surface area (TPSA) is 68.1 Å². The fourth-order valence-electron chi connectivity index (χ4n) is 3.39. The normalized spacial score (nSPS) is 15.7. The van der Waals surface area contributed by atoms with Crippen LogP contribution < -0.4 is 4.74 Å². The summed E-state index contributed by atoms with van der Waals surface area (Å²) in [7, 11) is 0. The highest BCUT2D eigenvalue weighted by Crippen LogP contribution is 2.40. The minimum atomic E-state index is -0.592. The van der Waals surface area contributed by atoms with Gasteiger partial charge in [0.1, 0.15) is 28.7 Å². The van der Waals surface area contributed by atoms with E-state index in [0.717, 1.165) is 16.9 Å². The lowest BCUT2D eigenvalue weighted by molar-refractivity contribution is -0.138. The lowest BCUT2D eigenvalue weighted by atomic mass is 10.1. The summed E-state index contributed by atoms with van der Waals surface area (Å²) in [6.07, 6.45) is 1.82. The maximum absolute atomic E-state index is 12.5. The quantitative estimate of drug-likeness (QED) is 0.385. The highest BCUT2D eigenvalue weighted by atomic mass is 32.2. The number of ether oxygens (including phenoxy) is 2. The number of aryl methyl sites for hydroxylation is 1. The predicted molar refractivity (Wildman–Crippen MR) is 137 cm³/mol. The van der Waals surface area contributed by atoms with Crippen LogP contribution in [0, 0.1) is 6.92 Å². The molecule has 0 unspecified atom stereocenters. The van der Waals surface area contributed by atoms with Crippen molar-refractivity contribution in [3.8, 4) is 5.75 Å². The van der Waals surface area contributed by atoms with Crippen molar-refractivity contribution >= 4 is 34.5 Å². The Morgan fingerprint density at radius 3 is 2.50 bits per heavy atom. The number of carbonyl (C=O) groups excluding carboxylic acids is 1. The van der Waals surface area contributed by atoms with E-state index in [0.29, 0.717) is 22.2 Å². The molecule has 0 aliphatic carbocycles. The maximum Gasteiger partial charge on any atom is 0.344 e. The zero-order valence-corrected chi connectivity index (χ0v) is 19.8. The van der Waals surface area contributed by atoms with Crippen LogP contribution in [0.5, 0.6) is 5.75 Å². The number of thioether (sulfide) groups is 1. The van der Waals surface area contributed by atoms with E-state index < -0.39 is 5.97 Å². The molecular weight excluding hydrogens is 446 g/mol. The SMILES string of the molecule is CCOC(=O)C1=C(O)/C(=C/c2ccc(OCc3cccc(C)c3)cc2)SC1=Nc1ccccc1. The van der Waals surface area contributed by atoms with Crippen LogP contribution in [0.2, 0.25) is 0 Å². The van der Waals surface area contributed by atoms with Crippen molar-refractivity contribution < 1.29 is 19.4 Å². The van der Waals surface area contributed by atoms with Gasteiger partial charge in [-0.2, -0.15) is 0 Å². The first-order chi connectivity index (χ1) is 16.5. The Kier molecular flexibility index (Phi) is 7.50. The van der Waals surface area contributed by atoms with Crippen molar-refractivity contribution in [2.24, 2.45) is 4.99 Å². The van der Waals surface area contributed by atoms with Gasteiger partial charge in [-0.3, -0.25) is 0 Å². The summed E-state index contributed by atoms with van der Waals surface area (Å²) < 4.78 is 11.0. The standard InChI is InChI=1S/C28H25NO4S/c1-3-32-28(31)25-26(30)24(34-27(25)29-22-10-5-4-6-11-22)17-20-12-14-23(15-13-20)33-18-21-9-7-8-19(2)16-21/h4-17,30H,3,18H2,1-2H3/b24-17-,29-27?. The second-order valence-corrected chi connectivity index (χ2v) is 8.68. The maximum atomic E-state index is 12.5. The summed E-state index contributed by atoms with van der Waals surface area (Å²) in [4.78, 5) is 17.6. The van der Waals surface area contributed by atoms with Crippen LogP contribution in [0.1, 0.15) is 23.6 Å². The van der Waals surface area contributed by atoms with Gasteiger partial charge in [0, 0.05) is 0 Å². The molecule has 5 nitrogen and oxygen atoms in total. The Bertz CT molecular complexity index is 1260. The number of benzene rings is 3. The fraction of sp³-hybridized carbons (Fsp3) is 0.143. The van der Waals surface area contributed by atoms with Crippen LogP contribution in [-0.2, 0) is 16.1 Å². The zero-order chi connectivity index (χ0) is 23.9. The molecule has 1 N–H and O–H groups in total. The third-order valence-corrected chi connectivity index (χ3v) is 6.04. The number of aliphatic hydroxyl groups excluding tert-OH is 1. The van der Waals surface area contributed by atoms with E-state index in [9.17, 15) is 9.90 Å². The van der Waals surface area contributed by atoms with E-state index in [1.54, 1.807) is 6.92 Å². The molecule has 4 rings (SSSR count). The third-order valence-electron chi connectivity index (χ3n) is 5.02. The number of hydrogen-bond donors (Lipinski definition) is 1. The second-order valence-electron chi connectivity index (χ2n) is 7.65.